The van der Waals surface area contributed by atoms with Gasteiger partial charge in [0.2, 0.25) is 0 Å². The third kappa shape index (κ3) is 2.51. The van der Waals surface area contributed by atoms with Crippen LogP contribution in [-0.4, -0.2) is 19.8 Å². The van der Waals surface area contributed by atoms with E-state index in [9.17, 15) is 13.2 Å². The molecule has 2 aromatic heterocycles. The molecule has 0 spiro atoms. The molecule has 0 aliphatic carbocycles. The fraction of sp³-hybridized carbons (Fsp3) is 0.154. The Bertz CT molecular complexity index is 809. The predicted octanol–water partition coefficient (Wildman–Crippen LogP) is 3.88. The topological polar surface area (TPSA) is 43.1 Å². The van der Waals surface area contributed by atoms with Crippen LogP contribution in [0.25, 0.3) is 16.9 Å². The van der Waals surface area contributed by atoms with Crippen LogP contribution in [0.3, 0.4) is 0 Å². The van der Waals surface area contributed by atoms with Gasteiger partial charge in [-0.3, -0.25) is 0 Å². The van der Waals surface area contributed by atoms with Gasteiger partial charge in [-0.1, -0.05) is 28.1 Å². The van der Waals surface area contributed by atoms with Crippen LogP contribution in [0.5, 0.6) is 0 Å². The Morgan fingerprint density at radius 2 is 1.76 bits per heavy atom. The van der Waals surface area contributed by atoms with Crippen molar-refractivity contribution in [1.82, 2.24) is 19.8 Å². The van der Waals surface area contributed by atoms with E-state index in [1.807, 2.05) is 0 Å². The lowest BCUT2D eigenvalue weighted by molar-refractivity contribution is -0.136. The number of fused-ring (bicyclic) bond motifs is 1. The molecule has 0 fully saturated rings. The number of hydrogen-bond acceptors (Lipinski definition) is 3. The molecule has 108 valence electrons. The smallest absolute Gasteiger partial charge is 0.196 e. The summed E-state index contributed by atoms with van der Waals surface area (Å²) in [6.07, 6.45) is -4.52. The van der Waals surface area contributed by atoms with E-state index in [-0.39, 0.29) is 11.3 Å². The van der Waals surface area contributed by atoms with Crippen LogP contribution in [0.15, 0.2) is 34.8 Å². The second-order valence-electron chi connectivity index (χ2n) is 4.43. The largest absolute Gasteiger partial charge is 0.420 e. The van der Waals surface area contributed by atoms with Gasteiger partial charge in [-0.15, -0.1) is 10.2 Å². The van der Waals surface area contributed by atoms with Crippen molar-refractivity contribution in [1.29, 1.82) is 0 Å². The van der Waals surface area contributed by atoms with E-state index in [1.165, 1.54) is 0 Å². The maximum absolute atomic E-state index is 13.2. The molecule has 4 nitrogen and oxygen atoms in total. The molecule has 0 N–H and O–H groups in total. The van der Waals surface area contributed by atoms with Crippen LogP contribution in [0.4, 0.5) is 13.2 Å². The Kier molecular flexibility index (Phi) is 3.20. The quantitative estimate of drug-likeness (QED) is 0.664. The molecule has 0 unspecified atom stereocenters. The van der Waals surface area contributed by atoms with E-state index in [1.54, 1.807) is 31.2 Å². The van der Waals surface area contributed by atoms with Crippen LogP contribution in [0, 0.1) is 6.92 Å². The summed E-state index contributed by atoms with van der Waals surface area (Å²) in [5.41, 5.74) is -0.346. The molecule has 0 bridgehead atoms. The van der Waals surface area contributed by atoms with Gasteiger partial charge in [0.1, 0.15) is 5.56 Å². The van der Waals surface area contributed by atoms with Gasteiger partial charge in [-0.2, -0.15) is 22.8 Å². The van der Waals surface area contributed by atoms with Gasteiger partial charge in [-0.25, -0.2) is 0 Å². The predicted molar refractivity (Wildman–Crippen MR) is 73.7 cm³/mol. The summed E-state index contributed by atoms with van der Waals surface area (Å²) in [4.78, 5) is 0. The highest BCUT2D eigenvalue weighted by Gasteiger charge is 2.35. The van der Waals surface area contributed by atoms with Gasteiger partial charge in [0, 0.05) is 10.0 Å². The number of halogens is 4. The summed E-state index contributed by atoms with van der Waals surface area (Å²) >= 11 is 3.28. The fourth-order valence-electron chi connectivity index (χ4n) is 1.95. The number of alkyl halides is 3. The molecule has 8 heteroatoms. The fourth-order valence-corrected chi connectivity index (χ4v) is 2.22. The molecular weight excluding hydrogens is 349 g/mol. The zero-order chi connectivity index (χ0) is 15.2. The Hall–Kier alpha value is -1.96. The molecule has 0 atom stereocenters. The lowest BCUT2D eigenvalue weighted by Gasteiger charge is -2.10. The lowest BCUT2D eigenvalue weighted by atomic mass is 10.1. The number of rotatable bonds is 1. The van der Waals surface area contributed by atoms with E-state index in [4.69, 9.17) is 0 Å². The van der Waals surface area contributed by atoms with Crippen molar-refractivity contribution in [2.75, 3.05) is 0 Å². The first-order valence-corrected chi connectivity index (χ1v) is 6.72. The van der Waals surface area contributed by atoms with Crippen molar-refractivity contribution in [3.05, 3.63) is 46.2 Å². The van der Waals surface area contributed by atoms with Gasteiger partial charge < -0.3 is 0 Å². The summed E-state index contributed by atoms with van der Waals surface area (Å²) in [6, 6.07) is 7.86. The molecule has 0 saturated carbocycles. The number of aryl methyl sites for hydroxylation is 1. The highest BCUT2D eigenvalue weighted by atomic mass is 79.9. The summed E-state index contributed by atoms with van der Waals surface area (Å²) < 4.78 is 41.5. The summed E-state index contributed by atoms with van der Waals surface area (Å²) in [5, 5.41) is 11.4. The monoisotopic (exact) mass is 356 g/mol. The van der Waals surface area contributed by atoms with Crippen molar-refractivity contribution in [2.45, 2.75) is 13.1 Å². The third-order valence-corrected chi connectivity index (χ3v) is 3.50. The van der Waals surface area contributed by atoms with Crippen LogP contribution in [0.1, 0.15) is 11.4 Å². The molecule has 21 heavy (non-hydrogen) atoms. The normalized spacial score (nSPS) is 12.0. The van der Waals surface area contributed by atoms with E-state index < -0.39 is 11.7 Å². The Morgan fingerprint density at radius 3 is 2.38 bits per heavy atom. The van der Waals surface area contributed by atoms with Gasteiger partial charge >= 0.3 is 6.18 Å². The zero-order valence-electron chi connectivity index (χ0n) is 10.7. The van der Waals surface area contributed by atoms with E-state index in [2.05, 4.69) is 31.2 Å². The maximum atomic E-state index is 13.2. The van der Waals surface area contributed by atoms with Crippen molar-refractivity contribution in [2.24, 2.45) is 0 Å². The molecule has 0 saturated heterocycles. The highest BCUT2D eigenvalue weighted by Crippen LogP contribution is 2.34. The zero-order valence-corrected chi connectivity index (χ0v) is 12.3. The van der Waals surface area contributed by atoms with E-state index in [0.717, 1.165) is 15.1 Å². The molecule has 1 aromatic carbocycles. The first kappa shape index (κ1) is 14.0. The number of benzene rings is 1. The minimum atomic E-state index is -4.52. The summed E-state index contributed by atoms with van der Waals surface area (Å²) in [5.74, 6) is 0.300. The number of aromatic nitrogens is 4. The second-order valence-corrected chi connectivity index (χ2v) is 5.35. The molecule has 0 aliphatic heterocycles. The SMILES string of the molecule is Cc1nnc2c(C(F)(F)F)cc(-c3ccc(Br)cc3)nn12. The van der Waals surface area contributed by atoms with Gasteiger partial charge in [0.25, 0.3) is 0 Å². The summed E-state index contributed by atoms with van der Waals surface area (Å²) in [6.45, 7) is 1.55. The van der Waals surface area contributed by atoms with E-state index in [0.29, 0.717) is 11.4 Å². The molecule has 0 aliphatic rings. The molecule has 3 aromatic rings. The minimum Gasteiger partial charge on any atom is -0.196 e. The van der Waals surface area contributed by atoms with Crippen molar-refractivity contribution in [3.63, 3.8) is 0 Å². The number of hydrogen-bond donors (Lipinski definition) is 0. The van der Waals surface area contributed by atoms with Crippen LogP contribution in [0.2, 0.25) is 0 Å². The second kappa shape index (κ2) is 4.80. The van der Waals surface area contributed by atoms with Gasteiger partial charge in [-0.05, 0) is 25.1 Å². The van der Waals surface area contributed by atoms with Crippen LogP contribution in [-0.2, 0) is 6.18 Å². The van der Waals surface area contributed by atoms with Crippen molar-refractivity contribution >= 4 is 21.6 Å². The minimum absolute atomic E-state index is 0.213. The molecule has 0 amide bonds. The first-order valence-electron chi connectivity index (χ1n) is 5.92. The van der Waals surface area contributed by atoms with Crippen LogP contribution < -0.4 is 0 Å². The van der Waals surface area contributed by atoms with Crippen molar-refractivity contribution in [3.8, 4) is 11.3 Å². The lowest BCUT2D eigenvalue weighted by Crippen LogP contribution is -2.10. The Labute approximate surface area is 125 Å². The molecule has 3 rings (SSSR count). The van der Waals surface area contributed by atoms with Crippen molar-refractivity contribution < 1.29 is 13.2 Å². The number of nitrogens with zero attached hydrogens (tertiary/aromatic N) is 4. The average molecular weight is 357 g/mol. The Morgan fingerprint density at radius 1 is 1.10 bits per heavy atom. The summed E-state index contributed by atoms with van der Waals surface area (Å²) in [7, 11) is 0. The third-order valence-electron chi connectivity index (χ3n) is 2.97. The van der Waals surface area contributed by atoms with Gasteiger partial charge in [0.05, 0.1) is 5.69 Å². The van der Waals surface area contributed by atoms with E-state index >= 15 is 0 Å². The molecular formula is C13H8BrF3N4. The molecule has 2 heterocycles. The Balaban J connectivity index is 2.29. The average Bonchev–Trinajstić information content (AvgIpc) is 2.79. The first-order chi connectivity index (χ1) is 9.86. The standard InChI is InChI=1S/C13H8BrF3N4/c1-7-18-19-12-10(13(15,16)17)6-11(20-21(7)12)8-2-4-9(14)5-3-8/h2-6H,1H3. The van der Waals surface area contributed by atoms with Crippen LogP contribution >= 0.6 is 15.9 Å². The molecule has 0 radical (unpaired) electrons. The maximum Gasteiger partial charge on any atom is 0.420 e. The van der Waals surface area contributed by atoms with Gasteiger partial charge in [0.15, 0.2) is 11.5 Å². The highest BCUT2D eigenvalue weighted by molar-refractivity contribution is 9.10.